The van der Waals surface area contributed by atoms with Crippen molar-refractivity contribution in [2.24, 2.45) is 0 Å². The fourth-order valence-corrected chi connectivity index (χ4v) is 4.51. The molecule has 0 N–H and O–H groups in total. The molecule has 0 fully saturated rings. The summed E-state index contributed by atoms with van der Waals surface area (Å²) >= 11 is 16.2. The summed E-state index contributed by atoms with van der Waals surface area (Å²) in [7, 11) is 0. The molecule has 0 aromatic heterocycles. The van der Waals surface area contributed by atoms with Gasteiger partial charge in [0.2, 0.25) is 0 Å². The van der Waals surface area contributed by atoms with Gasteiger partial charge in [-0.05, 0) is 6.42 Å². The zero-order chi connectivity index (χ0) is 7.98. The lowest BCUT2D eigenvalue weighted by atomic mass is 10.6. The van der Waals surface area contributed by atoms with Crippen LogP contribution in [0.3, 0.4) is 0 Å². The van der Waals surface area contributed by atoms with Crippen molar-refractivity contribution in [1.82, 2.24) is 0 Å². The van der Waals surface area contributed by atoms with Crippen molar-refractivity contribution in [2.75, 3.05) is 5.08 Å². The van der Waals surface area contributed by atoms with Crippen molar-refractivity contribution in [1.29, 1.82) is 0 Å². The van der Waals surface area contributed by atoms with E-state index in [1.165, 1.54) is 0 Å². The molecule has 0 amide bonds. The van der Waals surface area contributed by atoms with Gasteiger partial charge in [-0.3, -0.25) is 0 Å². The summed E-state index contributed by atoms with van der Waals surface area (Å²) in [6.07, 6.45) is 1.08. The van der Waals surface area contributed by atoms with Gasteiger partial charge in [0.15, 0.2) is 0 Å². The molecule has 0 aromatic carbocycles. The zero-order valence-corrected chi connectivity index (χ0v) is 10.0. The van der Waals surface area contributed by atoms with E-state index < -0.39 is 0 Å². The second kappa shape index (κ2) is 7.40. The Morgan fingerprint density at radius 2 is 2.00 bits per heavy atom. The van der Waals surface area contributed by atoms with Crippen molar-refractivity contribution in [3.63, 3.8) is 0 Å². The first-order chi connectivity index (χ1) is 4.70. The zero-order valence-electron chi connectivity index (χ0n) is 5.73. The van der Waals surface area contributed by atoms with Crippen LogP contribution in [0.25, 0.3) is 0 Å². The second-order valence-corrected chi connectivity index (χ2v) is 7.24. The van der Waals surface area contributed by atoms with E-state index in [4.69, 9.17) is 0 Å². The summed E-state index contributed by atoms with van der Waals surface area (Å²) in [5.41, 5.74) is 0. The van der Waals surface area contributed by atoms with E-state index in [9.17, 15) is 0 Å². The van der Waals surface area contributed by atoms with Gasteiger partial charge in [0.05, 0.1) is 3.91 Å². The predicted molar refractivity (Wildman–Crippen MR) is 64.9 cm³/mol. The molecule has 0 aliphatic heterocycles. The van der Waals surface area contributed by atoms with Crippen molar-refractivity contribution in [2.45, 2.75) is 21.8 Å². The van der Waals surface area contributed by atoms with E-state index in [0.29, 0.717) is 8.50 Å². The number of thiol groups is 3. The van der Waals surface area contributed by atoms with Gasteiger partial charge in [-0.1, -0.05) is 6.92 Å². The molecular formula is C5H12S5. The van der Waals surface area contributed by atoms with Crippen LogP contribution < -0.4 is 0 Å². The number of rotatable bonds is 5. The Kier molecular flexibility index (Phi) is 8.70. The van der Waals surface area contributed by atoms with Crippen molar-refractivity contribution in [3.05, 3.63) is 0 Å². The van der Waals surface area contributed by atoms with E-state index in [-0.39, 0.29) is 0 Å². The highest BCUT2D eigenvalue weighted by Gasteiger charge is 2.07. The van der Waals surface area contributed by atoms with Crippen LogP contribution in [-0.2, 0) is 0 Å². The minimum atomic E-state index is 0.319. The third-order valence-corrected chi connectivity index (χ3v) is 4.89. The lowest BCUT2D eigenvalue weighted by molar-refractivity contribution is 1.06. The Hall–Kier alpha value is 1.75. The Morgan fingerprint density at radius 1 is 1.40 bits per heavy atom. The van der Waals surface area contributed by atoms with Crippen LogP contribution in [0.1, 0.15) is 13.3 Å². The average Bonchev–Trinajstić information content (AvgIpc) is 1.88. The molecule has 2 atom stereocenters. The van der Waals surface area contributed by atoms with Gasteiger partial charge >= 0.3 is 0 Å². The molecule has 0 aliphatic rings. The maximum Gasteiger partial charge on any atom is 0.0946 e. The quantitative estimate of drug-likeness (QED) is 0.492. The first-order valence-electron chi connectivity index (χ1n) is 2.94. The predicted octanol–water partition coefficient (Wildman–Crippen LogP) is 3.22. The van der Waals surface area contributed by atoms with Crippen LogP contribution >= 0.6 is 61.4 Å². The highest BCUT2D eigenvalue weighted by molar-refractivity contribution is 8.32. The van der Waals surface area contributed by atoms with Gasteiger partial charge in [0, 0.05) is 9.67 Å². The smallest absolute Gasteiger partial charge is 0.0946 e. The molecule has 0 aromatic rings. The van der Waals surface area contributed by atoms with Gasteiger partial charge < -0.3 is 0 Å². The average molecular weight is 232 g/mol. The number of hydrogen-bond donors (Lipinski definition) is 3. The fourth-order valence-electron chi connectivity index (χ4n) is 0.334. The summed E-state index contributed by atoms with van der Waals surface area (Å²) in [4.78, 5) is 0. The van der Waals surface area contributed by atoms with E-state index in [1.54, 1.807) is 23.5 Å². The highest BCUT2D eigenvalue weighted by atomic mass is 32.3. The topological polar surface area (TPSA) is 0 Å². The van der Waals surface area contributed by atoms with Gasteiger partial charge in [-0.25, -0.2) is 0 Å². The lowest BCUT2D eigenvalue weighted by Crippen LogP contribution is -1.94. The molecule has 5 heteroatoms. The third kappa shape index (κ3) is 6.46. The van der Waals surface area contributed by atoms with Gasteiger partial charge in [0.1, 0.15) is 0 Å². The molecule has 0 rings (SSSR count). The molecule has 0 aliphatic carbocycles. The maximum atomic E-state index is 4.34. The van der Waals surface area contributed by atoms with Crippen LogP contribution in [0.15, 0.2) is 0 Å². The van der Waals surface area contributed by atoms with Crippen LogP contribution in [-0.4, -0.2) is 13.6 Å². The third-order valence-electron chi connectivity index (χ3n) is 0.840. The van der Waals surface area contributed by atoms with Gasteiger partial charge in [-0.2, -0.15) is 37.9 Å². The normalized spacial score (nSPS) is 16.8. The summed E-state index contributed by atoms with van der Waals surface area (Å²) < 4.78 is 0.731. The Labute approximate surface area is 87.9 Å². The summed E-state index contributed by atoms with van der Waals surface area (Å²) in [5.74, 6) is 0. The van der Waals surface area contributed by atoms with Crippen molar-refractivity contribution >= 4 is 61.4 Å². The second-order valence-electron chi connectivity index (χ2n) is 1.60. The molecule has 0 saturated carbocycles. The molecule has 0 nitrogen and oxygen atoms in total. The molecule has 0 heterocycles. The molecule has 0 saturated heterocycles. The standard InChI is InChI=1S/C5H12S5/c1-2-4(7)10-5(8)9-3-6/h4-8H,2-3H2,1H3. The number of hydrogen-bond acceptors (Lipinski definition) is 5. The fraction of sp³-hybridized carbons (Fsp3) is 1.00. The van der Waals surface area contributed by atoms with Crippen LogP contribution in [0.5, 0.6) is 0 Å². The minimum absolute atomic E-state index is 0.319. The monoisotopic (exact) mass is 232 g/mol. The lowest BCUT2D eigenvalue weighted by Gasteiger charge is -2.12. The van der Waals surface area contributed by atoms with Crippen molar-refractivity contribution < 1.29 is 0 Å². The molecular weight excluding hydrogens is 220 g/mol. The maximum absolute atomic E-state index is 4.34. The molecule has 10 heavy (non-hydrogen) atoms. The van der Waals surface area contributed by atoms with E-state index >= 15 is 0 Å². The molecule has 0 radical (unpaired) electrons. The van der Waals surface area contributed by atoms with Crippen molar-refractivity contribution in [3.8, 4) is 0 Å². The van der Waals surface area contributed by atoms with Gasteiger partial charge in [-0.15, -0.1) is 23.5 Å². The van der Waals surface area contributed by atoms with Gasteiger partial charge in [0.25, 0.3) is 0 Å². The van der Waals surface area contributed by atoms with E-state index in [1.807, 2.05) is 0 Å². The van der Waals surface area contributed by atoms with Crippen LogP contribution in [0, 0.1) is 0 Å². The molecule has 62 valence electrons. The summed E-state index contributed by atoms with van der Waals surface area (Å²) in [6.45, 7) is 2.12. The molecule has 2 unspecified atom stereocenters. The van der Waals surface area contributed by atoms with E-state index in [2.05, 4.69) is 44.8 Å². The Balaban J connectivity index is 3.27. The SMILES string of the molecule is CCC(S)SC(S)SCS. The minimum Gasteiger partial charge on any atom is -0.168 e. The number of thioether (sulfide) groups is 2. The Morgan fingerprint density at radius 3 is 2.40 bits per heavy atom. The first-order valence-corrected chi connectivity index (χ1v) is 6.60. The molecule has 0 spiro atoms. The summed E-state index contributed by atoms with van der Waals surface area (Å²) in [5, 5.41) is 0.825. The largest absolute Gasteiger partial charge is 0.168 e. The highest BCUT2D eigenvalue weighted by Crippen LogP contribution is 2.33. The molecule has 0 bridgehead atoms. The van der Waals surface area contributed by atoms with E-state index in [0.717, 1.165) is 11.5 Å². The van der Waals surface area contributed by atoms with Crippen LogP contribution in [0.4, 0.5) is 0 Å². The Bertz CT molecular complexity index is 76.4. The first kappa shape index (κ1) is 11.8. The summed E-state index contributed by atoms with van der Waals surface area (Å²) in [6, 6.07) is 0. The van der Waals surface area contributed by atoms with Crippen LogP contribution in [0.2, 0.25) is 0 Å².